The van der Waals surface area contributed by atoms with E-state index >= 15 is 0 Å². The van der Waals surface area contributed by atoms with Gasteiger partial charge in [0.15, 0.2) is 0 Å². The zero-order valence-corrected chi connectivity index (χ0v) is 12.9. The highest BCUT2D eigenvalue weighted by Crippen LogP contribution is 2.64. The van der Waals surface area contributed by atoms with E-state index < -0.39 is 0 Å². The smallest absolute Gasteiger partial charge is 0.00853 e. The Morgan fingerprint density at radius 3 is 2.74 bits per heavy atom. The second kappa shape index (κ2) is 4.12. The maximum atomic E-state index is 2.70. The van der Waals surface area contributed by atoms with Crippen molar-refractivity contribution < 1.29 is 0 Å². The first-order chi connectivity index (χ1) is 9.13. The van der Waals surface area contributed by atoms with Gasteiger partial charge in [-0.2, -0.15) is 0 Å². The predicted molar refractivity (Wildman–Crippen MR) is 80.9 cm³/mol. The molecule has 0 aromatic rings. The molecule has 0 amide bonds. The van der Waals surface area contributed by atoms with E-state index in [1.165, 1.54) is 64.2 Å². The highest BCUT2D eigenvalue weighted by Gasteiger charge is 2.54. The Morgan fingerprint density at radius 2 is 1.84 bits per heavy atom. The summed E-state index contributed by atoms with van der Waals surface area (Å²) in [6, 6.07) is 0. The van der Waals surface area contributed by atoms with Crippen molar-refractivity contribution >= 4 is 0 Å². The van der Waals surface area contributed by atoms with Crippen LogP contribution in [-0.2, 0) is 0 Å². The Morgan fingerprint density at radius 1 is 0.947 bits per heavy atom. The highest BCUT2D eigenvalue weighted by molar-refractivity contribution is 5.23. The zero-order valence-electron chi connectivity index (χ0n) is 12.9. The Balaban J connectivity index is 1.70. The van der Waals surface area contributed by atoms with Crippen LogP contribution in [0.3, 0.4) is 0 Å². The SMILES string of the molecule is C[C@]12CCC[C@@H]1[C@H]1CC=C3CCCC[C@@]3(C)[C@@H]1CC2. The summed E-state index contributed by atoms with van der Waals surface area (Å²) >= 11 is 0. The van der Waals surface area contributed by atoms with Crippen LogP contribution >= 0.6 is 0 Å². The molecule has 0 spiro atoms. The third-order valence-electron chi connectivity index (χ3n) is 7.80. The maximum Gasteiger partial charge on any atom is -0.00853 e. The minimum Gasteiger partial charge on any atom is -0.0845 e. The summed E-state index contributed by atoms with van der Waals surface area (Å²) in [5.74, 6) is 3.12. The monoisotopic (exact) mass is 258 g/mol. The number of hydrogen-bond acceptors (Lipinski definition) is 0. The van der Waals surface area contributed by atoms with Crippen LogP contribution in [0.25, 0.3) is 0 Å². The first-order valence-electron chi connectivity index (χ1n) is 8.83. The van der Waals surface area contributed by atoms with Crippen LogP contribution in [0.2, 0.25) is 0 Å². The van der Waals surface area contributed by atoms with E-state index in [1.54, 1.807) is 0 Å². The van der Waals surface area contributed by atoms with Gasteiger partial charge in [-0.1, -0.05) is 38.3 Å². The standard InChI is InChI=1S/C19H30/c1-18-11-5-7-16(18)15-9-8-14-6-3-4-12-19(14,2)17(15)10-13-18/h8,15-17H,3-7,9-13H2,1-2H3/t15-,16-,17-,18-,19-/m1/s1. The number of fused-ring (bicyclic) bond motifs is 5. The molecule has 4 aliphatic carbocycles. The van der Waals surface area contributed by atoms with Crippen molar-refractivity contribution in [3.63, 3.8) is 0 Å². The molecule has 0 heteroatoms. The molecule has 0 aromatic carbocycles. The maximum absolute atomic E-state index is 2.70. The molecule has 5 atom stereocenters. The van der Waals surface area contributed by atoms with Gasteiger partial charge >= 0.3 is 0 Å². The van der Waals surface area contributed by atoms with Crippen molar-refractivity contribution in [2.24, 2.45) is 28.6 Å². The van der Waals surface area contributed by atoms with Crippen molar-refractivity contribution in [2.45, 2.75) is 78.1 Å². The van der Waals surface area contributed by atoms with Gasteiger partial charge in [0, 0.05) is 0 Å². The molecular formula is C19H30. The van der Waals surface area contributed by atoms with E-state index in [0.717, 1.165) is 23.2 Å². The lowest BCUT2D eigenvalue weighted by Gasteiger charge is -2.56. The molecule has 0 aliphatic heterocycles. The molecule has 4 aliphatic rings. The van der Waals surface area contributed by atoms with Crippen molar-refractivity contribution in [1.29, 1.82) is 0 Å². The van der Waals surface area contributed by atoms with Crippen LogP contribution in [0.4, 0.5) is 0 Å². The molecule has 0 N–H and O–H groups in total. The molecule has 0 radical (unpaired) electrons. The lowest BCUT2D eigenvalue weighted by molar-refractivity contribution is -0.0248. The second-order valence-electron chi connectivity index (χ2n) is 8.55. The molecule has 3 saturated carbocycles. The van der Waals surface area contributed by atoms with Crippen LogP contribution in [0.1, 0.15) is 78.1 Å². The van der Waals surface area contributed by atoms with E-state index in [1.807, 2.05) is 5.57 Å². The molecule has 0 nitrogen and oxygen atoms in total. The van der Waals surface area contributed by atoms with Gasteiger partial charge < -0.3 is 0 Å². The van der Waals surface area contributed by atoms with Crippen LogP contribution in [0, 0.1) is 28.6 Å². The van der Waals surface area contributed by atoms with Gasteiger partial charge in [-0.25, -0.2) is 0 Å². The van der Waals surface area contributed by atoms with E-state index in [4.69, 9.17) is 0 Å². The Bertz CT molecular complexity index is 406. The summed E-state index contributed by atoms with van der Waals surface area (Å²) in [4.78, 5) is 0. The Labute approximate surface area is 119 Å². The summed E-state index contributed by atoms with van der Waals surface area (Å²) in [5.41, 5.74) is 3.18. The van der Waals surface area contributed by atoms with Gasteiger partial charge in [-0.3, -0.25) is 0 Å². The van der Waals surface area contributed by atoms with E-state index in [0.29, 0.717) is 5.41 Å². The summed E-state index contributed by atoms with van der Waals surface area (Å²) < 4.78 is 0. The lowest BCUT2D eigenvalue weighted by Crippen LogP contribution is -2.48. The van der Waals surface area contributed by atoms with Crippen molar-refractivity contribution in [3.05, 3.63) is 11.6 Å². The fraction of sp³-hybridized carbons (Fsp3) is 0.895. The summed E-state index contributed by atoms with van der Waals surface area (Å²) in [6.07, 6.45) is 17.6. The number of hydrogen-bond donors (Lipinski definition) is 0. The summed E-state index contributed by atoms with van der Waals surface area (Å²) in [5, 5.41) is 0. The fourth-order valence-electron chi connectivity index (χ4n) is 6.69. The van der Waals surface area contributed by atoms with Crippen LogP contribution in [-0.4, -0.2) is 0 Å². The van der Waals surface area contributed by atoms with E-state index in [9.17, 15) is 0 Å². The molecule has 19 heavy (non-hydrogen) atoms. The molecule has 4 rings (SSSR count). The molecule has 0 unspecified atom stereocenters. The average Bonchev–Trinajstić information content (AvgIpc) is 2.79. The Kier molecular flexibility index (Phi) is 2.71. The van der Waals surface area contributed by atoms with E-state index in [2.05, 4.69) is 19.9 Å². The third kappa shape index (κ3) is 1.64. The predicted octanol–water partition coefficient (Wildman–Crippen LogP) is 5.73. The van der Waals surface area contributed by atoms with Crippen molar-refractivity contribution in [2.75, 3.05) is 0 Å². The molecule has 3 fully saturated rings. The zero-order chi connectivity index (χ0) is 13.1. The van der Waals surface area contributed by atoms with E-state index in [-0.39, 0.29) is 0 Å². The Hall–Kier alpha value is -0.260. The quantitative estimate of drug-likeness (QED) is 0.487. The topological polar surface area (TPSA) is 0 Å². The first kappa shape index (κ1) is 12.5. The summed E-state index contributed by atoms with van der Waals surface area (Å²) in [7, 11) is 0. The van der Waals surface area contributed by atoms with Gasteiger partial charge in [0.1, 0.15) is 0 Å². The molecule has 0 bridgehead atoms. The fourth-order valence-corrected chi connectivity index (χ4v) is 6.69. The molecule has 0 saturated heterocycles. The number of rotatable bonds is 0. The van der Waals surface area contributed by atoms with Gasteiger partial charge in [-0.15, -0.1) is 0 Å². The second-order valence-corrected chi connectivity index (χ2v) is 8.55. The van der Waals surface area contributed by atoms with Crippen LogP contribution < -0.4 is 0 Å². The highest BCUT2D eigenvalue weighted by atomic mass is 14.6. The molecule has 0 heterocycles. The van der Waals surface area contributed by atoms with Crippen LogP contribution in [0.15, 0.2) is 11.6 Å². The van der Waals surface area contributed by atoms with Gasteiger partial charge in [0.2, 0.25) is 0 Å². The van der Waals surface area contributed by atoms with Gasteiger partial charge in [0.25, 0.3) is 0 Å². The molecular weight excluding hydrogens is 228 g/mol. The van der Waals surface area contributed by atoms with Gasteiger partial charge in [-0.05, 0) is 80.0 Å². The third-order valence-corrected chi connectivity index (χ3v) is 7.80. The van der Waals surface area contributed by atoms with Crippen molar-refractivity contribution in [3.8, 4) is 0 Å². The minimum atomic E-state index is 0.602. The first-order valence-corrected chi connectivity index (χ1v) is 8.83. The summed E-state index contributed by atoms with van der Waals surface area (Å²) in [6.45, 7) is 5.25. The number of allylic oxidation sites excluding steroid dienone is 2. The van der Waals surface area contributed by atoms with Crippen molar-refractivity contribution in [1.82, 2.24) is 0 Å². The lowest BCUT2D eigenvalue weighted by atomic mass is 9.48. The minimum absolute atomic E-state index is 0.602. The largest absolute Gasteiger partial charge is 0.0845 e. The average molecular weight is 258 g/mol. The van der Waals surface area contributed by atoms with Crippen LogP contribution in [0.5, 0.6) is 0 Å². The molecule has 0 aromatic heterocycles. The molecule has 106 valence electrons. The normalized spacial score (nSPS) is 52.9. The van der Waals surface area contributed by atoms with Gasteiger partial charge in [0.05, 0.1) is 0 Å².